The average Bonchev–Trinajstić information content (AvgIpc) is 2.84. The zero-order chi connectivity index (χ0) is 14.7. The molecule has 2 rings (SSSR count). The molecule has 1 aromatic carbocycles. The Kier molecular flexibility index (Phi) is 4.39. The molecule has 0 radical (unpaired) electrons. The number of carbonyl (C=O) groups is 1. The summed E-state index contributed by atoms with van der Waals surface area (Å²) >= 11 is 0. The minimum atomic E-state index is -0.437. The third-order valence-electron chi connectivity index (χ3n) is 3.44. The normalized spacial score (nSPS) is 12.6. The highest BCUT2D eigenvalue weighted by molar-refractivity contribution is 5.81. The summed E-state index contributed by atoms with van der Waals surface area (Å²) in [6.45, 7) is 8.63. The van der Waals surface area contributed by atoms with Gasteiger partial charge in [0, 0.05) is 6.61 Å². The van der Waals surface area contributed by atoms with Crippen LogP contribution in [-0.2, 0) is 16.1 Å². The van der Waals surface area contributed by atoms with Crippen molar-refractivity contribution in [3.05, 3.63) is 29.1 Å². The van der Waals surface area contributed by atoms with Crippen molar-refractivity contribution in [2.75, 3.05) is 6.61 Å². The Morgan fingerprint density at radius 1 is 1.45 bits per heavy atom. The molecular formula is C15H21N3O2. The fourth-order valence-electron chi connectivity index (χ4n) is 2.09. The molecule has 0 spiro atoms. The number of carbonyl (C=O) groups excluding carboxylic acids is 1. The van der Waals surface area contributed by atoms with E-state index in [1.807, 2.05) is 13.0 Å². The monoisotopic (exact) mass is 275 g/mol. The van der Waals surface area contributed by atoms with Gasteiger partial charge in [0.1, 0.15) is 11.9 Å². The van der Waals surface area contributed by atoms with Crippen LogP contribution in [0.15, 0.2) is 12.1 Å². The molecule has 0 bridgehead atoms. The summed E-state index contributed by atoms with van der Waals surface area (Å²) in [6, 6.07) is 4.08. The van der Waals surface area contributed by atoms with E-state index >= 15 is 0 Å². The third-order valence-corrected chi connectivity index (χ3v) is 3.44. The first-order chi connectivity index (χ1) is 9.52. The van der Waals surface area contributed by atoms with Gasteiger partial charge in [0.25, 0.3) is 0 Å². The van der Waals surface area contributed by atoms with Crippen LogP contribution in [0.1, 0.15) is 30.8 Å². The molecule has 0 aliphatic heterocycles. The largest absolute Gasteiger partial charge is 0.369 e. The molecule has 20 heavy (non-hydrogen) atoms. The molecule has 1 atom stereocenters. The van der Waals surface area contributed by atoms with E-state index in [4.69, 9.17) is 4.74 Å². The molecule has 0 aliphatic carbocycles. The van der Waals surface area contributed by atoms with Crippen LogP contribution in [-0.4, -0.2) is 28.6 Å². The lowest BCUT2D eigenvalue weighted by Crippen LogP contribution is -2.34. The summed E-state index contributed by atoms with van der Waals surface area (Å²) in [5.74, 6) is 0.631. The minimum Gasteiger partial charge on any atom is -0.369 e. The molecular weight excluding hydrogens is 254 g/mol. The van der Waals surface area contributed by atoms with E-state index in [1.165, 1.54) is 11.1 Å². The highest BCUT2D eigenvalue weighted by Gasteiger charge is 2.13. The van der Waals surface area contributed by atoms with Gasteiger partial charge in [0.2, 0.25) is 5.91 Å². The van der Waals surface area contributed by atoms with Crippen LogP contribution in [0.3, 0.4) is 0 Å². The van der Waals surface area contributed by atoms with Crippen molar-refractivity contribution in [3.8, 4) is 0 Å². The molecule has 108 valence electrons. The Bertz CT molecular complexity index is 619. The number of benzene rings is 1. The van der Waals surface area contributed by atoms with Crippen LogP contribution < -0.4 is 5.32 Å². The van der Waals surface area contributed by atoms with Gasteiger partial charge in [-0.1, -0.05) is 6.07 Å². The van der Waals surface area contributed by atoms with E-state index in [0.29, 0.717) is 13.2 Å². The molecule has 0 fully saturated rings. The number of imidazole rings is 1. The number of amides is 1. The quantitative estimate of drug-likeness (QED) is 0.879. The molecule has 1 amide bonds. The van der Waals surface area contributed by atoms with Crippen molar-refractivity contribution in [3.63, 3.8) is 0 Å². The molecule has 2 aromatic rings. The maximum absolute atomic E-state index is 11.8. The first-order valence-corrected chi connectivity index (χ1v) is 6.87. The van der Waals surface area contributed by atoms with Crippen LogP contribution >= 0.6 is 0 Å². The molecule has 5 heteroatoms. The van der Waals surface area contributed by atoms with Crippen molar-refractivity contribution in [1.82, 2.24) is 15.3 Å². The van der Waals surface area contributed by atoms with E-state index in [0.717, 1.165) is 16.9 Å². The van der Waals surface area contributed by atoms with E-state index in [1.54, 1.807) is 6.92 Å². The van der Waals surface area contributed by atoms with Crippen molar-refractivity contribution in [1.29, 1.82) is 0 Å². The number of nitrogens with zero attached hydrogens (tertiary/aromatic N) is 1. The number of H-pyrrole nitrogens is 1. The Hall–Kier alpha value is -1.88. The summed E-state index contributed by atoms with van der Waals surface area (Å²) in [4.78, 5) is 19.5. The maximum Gasteiger partial charge on any atom is 0.249 e. The molecule has 5 nitrogen and oxygen atoms in total. The minimum absolute atomic E-state index is 0.125. The van der Waals surface area contributed by atoms with Gasteiger partial charge in [-0.2, -0.15) is 0 Å². The number of hydrogen-bond acceptors (Lipinski definition) is 3. The van der Waals surface area contributed by atoms with E-state index in [9.17, 15) is 4.79 Å². The van der Waals surface area contributed by atoms with Crippen LogP contribution in [0, 0.1) is 13.8 Å². The van der Waals surface area contributed by atoms with Gasteiger partial charge in [-0.25, -0.2) is 4.98 Å². The van der Waals surface area contributed by atoms with E-state index in [-0.39, 0.29) is 5.91 Å². The number of nitrogens with one attached hydrogen (secondary N) is 2. The van der Waals surface area contributed by atoms with Gasteiger partial charge >= 0.3 is 0 Å². The first-order valence-electron chi connectivity index (χ1n) is 6.87. The van der Waals surface area contributed by atoms with Gasteiger partial charge in [-0.3, -0.25) is 4.79 Å². The Labute approximate surface area is 118 Å². The van der Waals surface area contributed by atoms with Crippen LogP contribution in [0.4, 0.5) is 0 Å². The predicted molar refractivity (Wildman–Crippen MR) is 78.5 cm³/mol. The fourth-order valence-corrected chi connectivity index (χ4v) is 2.09. The number of hydrogen-bond donors (Lipinski definition) is 2. The van der Waals surface area contributed by atoms with Crippen molar-refractivity contribution in [2.24, 2.45) is 0 Å². The summed E-state index contributed by atoms with van der Waals surface area (Å²) in [5.41, 5.74) is 4.34. The van der Waals surface area contributed by atoms with Crippen LogP contribution in [0.25, 0.3) is 11.0 Å². The second kappa shape index (κ2) is 6.05. The summed E-state index contributed by atoms with van der Waals surface area (Å²) in [7, 11) is 0. The van der Waals surface area contributed by atoms with Gasteiger partial charge < -0.3 is 15.0 Å². The Morgan fingerprint density at radius 3 is 2.90 bits per heavy atom. The molecule has 1 heterocycles. The lowest BCUT2D eigenvalue weighted by molar-refractivity contribution is -0.131. The smallest absolute Gasteiger partial charge is 0.249 e. The molecule has 1 aromatic heterocycles. The summed E-state index contributed by atoms with van der Waals surface area (Å²) < 4.78 is 5.24. The van der Waals surface area contributed by atoms with Gasteiger partial charge in [0.05, 0.1) is 17.6 Å². The SMILES string of the molecule is CCO[C@H](C)C(=O)NCc1nc2c(C)c(C)ccc2[nH]1. The zero-order valence-corrected chi connectivity index (χ0v) is 12.4. The number of fused-ring (bicyclic) bond motifs is 1. The van der Waals surface area contributed by atoms with E-state index < -0.39 is 6.10 Å². The second-order valence-electron chi connectivity index (χ2n) is 4.90. The molecule has 0 saturated carbocycles. The lowest BCUT2D eigenvalue weighted by Gasteiger charge is -2.10. The topological polar surface area (TPSA) is 67.0 Å². The summed E-state index contributed by atoms with van der Waals surface area (Å²) in [6.07, 6.45) is -0.437. The van der Waals surface area contributed by atoms with Crippen molar-refractivity contribution >= 4 is 16.9 Å². The Balaban J connectivity index is 2.07. The highest BCUT2D eigenvalue weighted by Crippen LogP contribution is 2.19. The number of rotatable bonds is 5. The van der Waals surface area contributed by atoms with E-state index in [2.05, 4.69) is 35.2 Å². The van der Waals surface area contributed by atoms with Crippen molar-refractivity contribution < 1.29 is 9.53 Å². The standard InChI is InChI=1S/C15H21N3O2/c1-5-20-11(4)15(19)16-8-13-17-12-7-6-9(2)10(3)14(12)18-13/h6-7,11H,5,8H2,1-4H3,(H,16,19)(H,17,18)/t11-/m1/s1. The third kappa shape index (κ3) is 2.99. The molecule has 0 unspecified atom stereocenters. The van der Waals surface area contributed by atoms with Gasteiger partial charge in [-0.05, 0) is 44.9 Å². The number of aromatic amines is 1. The number of aryl methyl sites for hydroxylation is 2. The fraction of sp³-hybridized carbons (Fsp3) is 0.467. The van der Waals surface area contributed by atoms with Crippen LogP contribution in [0.5, 0.6) is 0 Å². The molecule has 0 aliphatic rings. The number of aromatic nitrogens is 2. The first kappa shape index (κ1) is 14.5. The predicted octanol–water partition coefficient (Wildman–Crippen LogP) is 2.22. The second-order valence-corrected chi connectivity index (χ2v) is 4.90. The zero-order valence-electron chi connectivity index (χ0n) is 12.4. The van der Waals surface area contributed by atoms with Gasteiger partial charge in [0.15, 0.2) is 0 Å². The maximum atomic E-state index is 11.8. The highest BCUT2D eigenvalue weighted by atomic mass is 16.5. The Morgan fingerprint density at radius 2 is 2.20 bits per heavy atom. The van der Waals surface area contributed by atoms with Gasteiger partial charge in [-0.15, -0.1) is 0 Å². The summed E-state index contributed by atoms with van der Waals surface area (Å²) in [5, 5.41) is 2.82. The van der Waals surface area contributed by atoms with Crippen LogP contribution in [0.2, 0.25) is 0 Å². The van der Waals surface area contributed by atoms with Crippen molar-refractivity contribution in [2.45, 2.75) is 40.3 Å². The lowest BCUT2D eigenvalue weighted by atomic mass is 10.1. The molecule has 0 saturated heterocycles. The number of ether oxygens (including phenoxy) is 1. The average molecular weight is 275 g/mol. The molecule has 2 N–H and O–H groups in total.